The highest BCUT2D eigenvalue weighted by atomic mass is 32.1. The van der Waals surface area contributed by atoms with Gasteiger partial charge in [-0.3, -0.25) is 9.59 Å². The summed E-state index contributed by atoms with van der Waals surface area (Å²) in [7, 11) is 0. The molecule has 148 valence electrons. The average molecular weight is 400 g/mol. The quantitative estimate of drug-likeness (QED) is 0.412. The maximum Gasteiger partial charge on any atom is 0.348 e. The van der Waals surface area contributed by atoms with E-state index in [-0.39, 0.29) is 18.3 Å². The predicted octanol–water partition coefficient (Wildman–Crippen LogP) is 4.80. The molecule has 1 N–H and O–H groups in total. The number of ether oxygens (including phenoxy) is 1. The molecule has 28 heavy (non-hydrogen) atoms. The summed E-state index contributed by atoms with van der Waals surface area (Å²) in [6, 6.07) is 8.54. The van der Waals surface area contributed by atoms with E-state index in [4.69, 9.17) is 4.74 Å². The lowest BCUT2D eigenvalue weighted by atomic mass is 10.1. The molecule has 1 aliphatic carbocycles. The topological polar surface area (TPSA) is 72.5 Å². The van der Waals surface area contributed by atoms with Crippen molar-refractivity contribution in [1.82, 2.24) is 0 Å². The van der Waals surface area contributed by atoms with Crippen LogP contribution in [-0.2, 0) is 22.4 Å². The molecule has 1 aromatic carbocycles. The molecule has 0 atom stereocenters. The molecule has 0 radical (unpaired) electrons. The Morgan fingerprint density at radius 2 is 1.82 bits per heavy atom. The number of hydrogen-bond acceptors (Lipinski definition) is 5. The van der Waals surface area contributed by atoms with E-state index >= 15 is 0 Å². The highest BCUT2D eigenvalue weighted by Crippen LogP contribution is 2.29. The summed E-state index contributed by atoms with van der Waals surface area (Å²) < 4.78 is 5.23. The first kappa shape index (κ1) is 20.3. The molecule has 5 nitrogen and oxygen atoms in total. The summed E-state index contributed by atoms with van der Waals surface area (Å²) in [6.45, 7) is 1.65. The molecule has 0 unspecified atom stereocenters. The van der Waals surface area contributed by atoms with Gasteiger partial charge in [0.15, 0.2) is 12.4 Å². The van der Waals surface area contributed by atoms with Crippen molar-refractivity contribution in [2.45, 2.75) is 51.9 Å². The van der Waals surface area contributed by atoms with Gasteiger partial charge in [0.2, 0.25) is 5.91 Å². The van der Waals surface area contributed by atoms with Crippen molar-refractivity contribution in [1.29, 1.82) is 0 Å². The van der Waals surface area contributed by atoms with Crippen molar-refractivity contribution in [3.63, 3.8) is 0 Å². The van der Waals surface area contributed by atoms with E-state index in [1.807, 2.05) is 13.0 Å². The molecule has 0 aliphatic heterocycles. The van der Waals surface area contributed by atoms with Crippen LogP contribution >= 0.6 is 11.3 Å². The maximum atomic E-state index is 12.3. The second kappa shape index (κ2) is 9.64. The minimum atomic E-state index is -0.435. The van der Waals surface area contributed by atoms with Crippen molar-refractivity contribution in [3.05, 3.63) is 51.2 Å². The van der Waals surface area contributed by atoms with Crippen molar-refractivity contribution < 1.29 is 19.1 Å². The summed E-state index contributed by atoms with van der Waals surface area (Å²) >= 11 is 1.49. The summed E-state index contributed by atoms with van der Waals surface area (Å²) in [5.74, 6) is -0.752. The van der Waals surface area contributed by atoms with Crippen LogP contribution in [0.4, 0.5) is 5.69 Å². The lowest BCUT2D eigenvalue weighted by molar-refractivity contribution is -0.116. The molecule has 2 aromatic rings. The Morgan fingerprint density at radius 1 is 1.07 bits per heavy atom. The van der Waals surface area contributed by atoms with Crippen LogP contribution in [0.5, 0.6) is 0 Å². The van der Waals surface area contributed by atoms with E-state index in [0.717, 1.165) is 32.1 Å². The number of fused-ring (bicyclic) bond motifs is 1. The largest absolute Gasteiger partial charge is 0.453 e. The van der Waals surface area contributed by atoms with E-state index in [1.54, 1.807) is 24.3 Å². The summed E-state index contributed by atoms with van der Waals surface area (Å²) in [6.07, 6.45) is 6.83. The van der Waals surface area contributed by atoms with Gasteiger partial charge in [-0.15, -0.1) is 11.3 Å². The fourth-order valence-corrected chi connectivity index (χ4v) is 4.39. The third-order valence-electron chi connectivity index (χ3n) is 4.75. The molecule has 3 rings (SSSR count). The number of carbonyl (C=O) groups is 3. The molecule has 0 spiro atoms. The molecular weight excluding hydrogens is 374 g/mol. The van der Waals surface area contributed by atoms with Gasteiger partial charge in [0.05, 0.1) is 0 Å². The Kier molecular flexibility index (Phi) is 6.98. The number of thiophene rings is 1. The predicted molar refractivity (Wildman–Crippen MR) is 110 cm³/mol. The molecule has 1 amide bonds. The van der Waals surface area contributed by atoms with Gasteiger partial charge in [-0.2, -0.15) is 0 Å². The molecule has 0 saturated heterocycles. The van der Waals surface area contributed by atoms with Crippen molar-refractivity contribution in [2.24, 2.45) is 0 Å². The Labute approximate surface area is 169 Å². The normalized spacial score (nSPS) is 13.3. The number of rotatable bonds is 7. The minimum Gasteiger partial charge on any atom is -0.453 e. The van der Waals surface area contributed by atoms with Crippen molar-refractivity contribution in [2.75, 3.05) is 11.9 Å². The van der Waals surface area contributed by atoms with Gasteiger partial charge >= 0.3 is 5.97 Å². The van der Waals surface area contributed by atoms with Crippen LogP contribution in [0.15, 0.2) is 30.3 Å². The number of esters is 1. The zero-order valence-electron chi connectivity index (χ0n) is 16.1. The SMILES string of the molecule is CCCC(=O)Nc1ccc(C(=O)COC(=O)c2cc3c(s2)CCCCC3)cc1. The molecular formula is C22H25NO4S. The Bertz CT molecular complexity index is 830. The number of nitrogens with one attached hydrogen (secondary N) is 1. The van der Waals surface area contributed by atoms with Crippen LogP contribution in [0.1, 0.15) is 69.5 Å². The highest BCUT2D eigenvalue weighted by Gasteiger charge is 2.18. The van der Waals surface area contributed by atoms with Gasteiger partial charge in [-0.25, -0.2) is 4.79 Å². The average Bonchev–Trinajstić information content (AvgIpc) is 2.97. The number of anilines is 1. The first-order valence-corrected chi connectivity index (χ1v) is 10.6. The zero-order chi connectivity index (χ0) is 19.9. The van der Waals surface area contributed by atoms with Gasteiger partial charge in [-0.1, -0.05) is 13.3 Å². The molecule has 6 heteroatoms. The molecule has 1 aromatic heterocycles. The number of benzene rings is 1. The van der Waals surface area contributed by atoms with Gasteiger partial charge < -0.3 is 10.1 Å². The smallest absolute Gasteiger partial charge is 0.348 e. The summed E-state index contributed by atoms with van der Waals surface area (Å²) in [4.78, 5) is 38.1. The Hall–Kier alpha value is -2.47. The lowest BCUT2D eigenvalue weighted by Crippen LogP contribution is -2.14. The van der Waals surface area contributed by atoms with Gasteiger partial charge in [0.25, 0.3) is 0 Å². The monoisotopic (exact) mass is 399 g/mol. The van der Waals surface area contributed by atoms with E-state index in [0.29, 0.717) is 22.5 Å². The summed E-state index contributed by atoms with van der Waals surface area (Å²) in [5, 5.41) is 2.77. The molecule has 0 fully saturated rings. The van der Waals surface area contributed by atoms with Gasteiger partial charge in [0.1, 0.15) is 4.88 Å². The first-order valence-electron chi connectivity index (χ1n) is 9.78. The zero-order valence-corrected chi connectivity index (χ0v) is 16.9. The van der Waals surface area contributed by atoms with Crippen LogP contribution in [0, 0.1) is 0 Å². The lowest BCUT2D eigenvalue weighted by Gasteiger charge is -2.06. The second-order valence-electron chi connectivity index (χ2n) is 6.99. The number of Topliss-reactive ketones (excluding diaryl/α,β-unsaturated/α-hetero) is 1. The van der Waals surface area contributed by atoms with Gasteiger partial charge in [-0.05, 0) is 68.0 Å². The van der Waals surface area contributed by atoms with Crippen LogP contribution in [-0.4, -0.2) is 24.3 Å². The maximum absolute atomic E-state index is 12.3. The molecule has 0 saturated carbocycles. The Balaban J connectivity index is 1.53. The van der Waals surface area contributed by atoms with Gasteiger partial charge in [0, 0.05) is 22.5 Å². The van der Waals surface area contributed by atoms with E-state index in [2.05, 4.69) is 5.32 Å². The molecule has 1 heterocycles. The van der Waals surface area contributed by atoms with Crippen molar-refractivity contribution in [3.8, 4) is 0 Å². The Morgan fingerprint density at radius 3 is 2.57 bits per heavy atom. The van der Waals surface area contributed by atoms with Crippen LogP contribution < -0.4 is 5.32 Å². The van der Waals surface area contributed by atoms with Crippen LogP contribution in [0.2, 0.25) is 0 Å². The highest BCUT2D eigenvalue weighted by molar-refractivity contribution is 7.14. The van der Waals surface area contributed by atoms with Crippen LogP contribution in [0.3, 0.4) is 0 Å². The standard InChI is InChI=1S/C22H25NO4S/c1-2-6-21(25)23-17-11-9-15(10-12-17)18(24)14-27-22(26)20-13-16-7-4-3-5-8-19(16)28-20/h9-13H,2-8,14H2,1H3,(H,23,25). The number of hydrogen-bond donors (Lipinski definition) is 1. The van der Waals surface area contributed by atoms with Crippen LogP contribution in [0.25, 0.3) is 0 Å². The third kappa shape index (κ3) is 5.29. The summed E-state index contributed by atoms with van der Waals surface area (Å²) in [5.41, 5.74) is 2.34. The van der Waals surface area contributed by atoms with E-state index < -0.39 is 5.97 Å². The fourth-order valence-electron chi connectivity index (χ4n) is 3.24. The van der Waals surface area contributed by atoms with Crippen molar-refractivity contribution >= 4 is 34.7 Å². The van der Waals surface area contributed by atoms with E-state index in [1.165, 1.54) is 28.2 Å². The number of aryl methyl sites for hydroxylation is 2. The molecule has 0 bridgehead atoms. The first-order chi connectivity index (χ1) is 13.6. The van der Waals surface area contributed by atoms with E-state index in [9.17, 15) is 14.4 Å². The minimum absolute atomic E-state index is 0.0511. The fraction of sp³-hybridized carbons (Fsp3) is 0.409. The number of ketones is 1. The number of amides is 1. The molecule has 1 aliphatic rings. The second-order valence-corrected chi connectivity index (χ2v) is 8.13. The number of carbonyl (C=O) groups excluding carboxylic acids is 3. The third-order valence-corrected chi connectivity index (χ3v) is 5.97.